The van der Waals surface area contributed by atoms with E-state index in [1.165, 1.54) is 0 Å². The monoisotopic (exact) mass is 416 g/mol. The Morgan fingerprint density at radius 3 is 2.47 bits per heavy atom. The molecule has 2 rings (SSSR count). The summed E-state index contributed by atoms with van der Waals surface area (Å²) in [5.41, 5.74) is 0.551. The minimum absolute atomic E-state index is 0.0303. The van der Waals surface area contributed by atoms with Gasteiger partial charge in [-0.15, -0.1) is 0 Å². The summed E-state index contributed by atoms with van der Waals surface area (Å²) in [5, 5.41) is 19.8. The highest BCUT2D eigenvalue weighted by molar-refractivity contribution is 5.84. The number of aryl methyl sites for hydroxylation is 2. The van der Waals surface area contributed by atoms with Crippen LogP contribution in [0.15, 0.2) is 39.7 Å². The van der Waals surface area contributed by atoms with E-state index >= 15 is 0 Å². The standard InChI is InChI=1S/C22H32N4O4/c1-6-23-21(26-14-22(4,28)19-11-15(2)30-16(19)3)25-13-20(27)24-12-17-7-9-18(29-5)10-8-17/h7-11,28H,6,12-14H2,1-5H3,(H,24,27)(H2,23,25,26). The average molecular weight is 417 g/mol. The summed E-state index contributed by atoms with van der Waals surface area (Å²) in [7, 11) is 1.61. The predicted octanol–water partition coefficient (Wildman–Crippen LogP) is 1.98. The molecule has 4 N–H and O–H groups in total. The number of hydrogen-bond acceptors (Lipinski definition) is 5. The van der Waals surface area contributed by atoms with Crippen LogP contribution >= 0.6 is 0 Å². The number of nitrogens with one attached hydrogen (secondary N) is 3. The summed E-state index contributed by atoms with van der Waals surface area (Å²) in [6.07, 6.45) is 0. The zero-order chi connectivity index (χ0) is 22.1. The molecule has 8 heteroatoms. The Hall–Kier alpha value is -3.00. The molecular formula is C22H32N4O4. The molecule has 1 unspecified atom stereocenters. The Bertz CT molecular complexity index is 857. The van der Waals surface area contributed by atoms with Crippen molar-refractivity contribution in [3.63, 3.8) is 0 Å². The molecule has 0 aliphatic rings. The molecule has 0 aliphatic heterocycles. The fraction of sp³-hybridized carbons (Fsp3) is 0.455. The van der Waals surface area contributed by atoms with Crippen LogP contribution < -0.4 is 20.7 Å². The first-order chi connectivity index (χ1) is 14.2. The molecule has 1 aromatic heterocycles. The topological polar surface area (TPSA) is 108 Å². The van der Waals surface area contributed by atoms with Crippen LogP contribution in [0, 0.1) is 13.8 Å². The molecule has 0 saturated carbocycles. The van der Waals surface area contributed by atoms with Gasteiger partial charge >= 0.3 is 0 Å². The number of methoxy groups -OCH3 is 1. The number of carbonyl (C=O) groups excluding carboxylic acids is 1. The minimum Gasteiger partial charge on any atom is -0.497 e. The molecule has 0 fully saturated rings. The van der Waals surface area contributed by atoms with E-state index in [2.05, 4.69) is 20.9 Å². The van der Waals surface area contributed by atoms with Crippen molar-refractivity contribution in [2.45, 2.75) is 39.8 Å². The second-order valence-electron chi connectivity index (χ2n) is 7.27. The van der Waals surface area contributed by atoms with Crippen molar-refractivity contribution in [3.05, 3.63) is 53.0 Å². The number of benzene rings is 1. The quantitative estimate of drug-likeness (QED) is 0.368. The number of nitrogens with zero attached hydrogens (tertiary/aromatic N) is 1. The number of furan rings is 1. The summed E-state index contributed by atoms with van der Waals surface area (Å²) in [5.74, 6) is 2.45. The first-order valence-electron chi connectivity index (χ1n) is 9.97. The van der Waals surface area contributed by atoms with Gasteiger partial charge < -0.3 is 30.2 Å². The zero-order valence-electron chi connectivity index (χ0n) is 18.3. The summed E-state index contributed by atoms with van der Waals surface area (Å²) < 4.78 is 10.6. The number of guanidine groups is 1. The minimum atomic E-state index is -1.14. The van der Waals surface area contributed by atoms with Crippen LogP contribution in [-0.2, 0) is 16.9 Å². The number of carbonyl (C=O) groups is 1. The highest BCUT2D eigenvalue weighted by Crippen LogP contribution is 2.26. The zero-order valence-corrected chi connectivity index (χ0v) is 18.3. The van der Waals surface area contributed by atoms with Crippen LogP contribution in [0.1, 0.15) is 36.5 Å². The molecule has 0 aliphatic carbocycles. The fourth-order valence-electron chi connectivity index (χ4n) is 3.01. The number of ether oxygens (including phenoxy) is 1. The van der Waals surface area contributed by atoms with Gasteiger partial charge in [0.05, 0.1) is 13.7 Å². The van der Waals surface area contributed by atoms with Crippen LogP contribution in [0.25, 0.3) is 0 Å². The molecule has 8 nitrogen and oxygen atoms in total. The molecule has 2 aromatic rings. The molecular weight excluding hydrogens is 384 g/mol. The van der Waals surface area contributed by atoms with Gasteiger partial charge in [0, 0.05) is 18.7 Å². The Morgan fingerprint density at radius 1 is 1.20 bits per heavy atom. The number of aliphatic imine (C=N–C) groups is 1. The summed E-state index contributed by atoms with van der Waals surface area (Å²) >= 11 is 0. The highest BCUT2D eigenvalue weighted by Gasteiger charge is 2.27. The van der Waals surface area contributed by atoms with Gasteiger partial charge in [0.15, 0.2) is 5.96 Å². The number of aliphatic hydroxyl groups is 1. The largest absolute Gasteiger partial charge is 0.497 e. The van der Waals surface area contributed by atoms with Gasteiger partial charge in [0.2, 0.25) is 5.91 Å². The third kappa shape index (κ3) is 6.81. The van der Waals surface area contributed by atoms with E-state index in [4.69, 9.17) is 9.15 Å². The van der Waals surface area contributed by atoms with E-state index in [1.54, 1.807) is 14.0 Å². The normalized spacial score (nSPS) is 13.5. The van der Waals surface area contributed by atoms with E-state index < -0.39 is 5.60 Å². The second-order valence-corrected chi connectivity index (χ2v) is 7.27. The first-order valence-corrected chi connectivity index (χ1v) is 9.97. The third-order valence-electron chi connectivity index (χ3n) is 4.60. The lowest BCUT2D eigenvalue weighted by Gasteiger charge is -2.24. The van der Waals surface area contributed by atoms with E-state index in [-0.39, 0.29) is 19.0 Å². The number of rotatable bonds is 9. The number of hydrogen-bond donors (Lipinski definition) is 4. The van der Waals surface area contributed by atoms with Crippen molar-refractivity contribution in [1.29, 1.82) is 0 Å². The maximum absolute atomic E-state index is 12.2. The molecule has 1 aromatic carbocycles. The van der Waals surface area contributed by atoms with Crippen molar-refractivity contribution in [3.8, 4) is 5.75 Å². The van der Waals surface area contributed by atoms with Gasteiger partial charge in [-0.25, -0.2) is 4.99 Å². The van der Waals surface area contributed by atoms with E-state index in [1.807, 2.05) is 51.1 Å². The van der Waals surface area contributed by atoms with Crippen LogP contribution in [0.5, 0.6) is 5.75 Å². The molecule has 1 heterocycles. The lowest BCUT2D eigenvalue weighted by atomic mass is 9.96. The summed E-state index contributed by atoms with van der Waals surface area (Å²) in [6, 6.07) is 9.32. The second kappa shape index (κ2) is 10.7. The maximum atomic E-state index is 12.2. The van der Waals surface area contributed by atoms with Crippen molar-refractivity contribution in [1.82, 2.24) is 16.0 Å². The Labute approximate surface area is 177 Å². The Kier molecular flexibility index (Phi) is 8.29. The van der Waals surface area contributed by atoms with Gasteiger partial charge in [-0.1, -0.05) is 12.1 Å². The van der Waals surface area contributed by atoms with Crippen molar-refractivity contribution >= 4 is 11.9 Å². The predicted molar refractivity (Wildman–Crippen MR) is 117 cm³/mol. The van der Waals surface area contributed by atoms with E-state index in [0.29, 0.717) is 24.8 Å². The molecule has 164 valence electrons. The van der Waals surface area contributed by atoms with Gasteiger partial charge in [-0.2, -0.15) is 0 Å². The number of amides is 1. The molecule has 0 saturated heterocycles. The molecule has 1 atom stereocenters. The first kappa shape index (κ1) is 23.3. The van der Waals surface area contributed by atoms with Crippen LogP contribution in [0.2, 0.25) is 0 Å². The van der Waals surface area contributed by atoms with Gasteiger partial charge in [-0.05, 0) is 51.5 Å². The smallest absolute Gasteiger partial charge is 0.242 e. The fourth-order valence-corrected chi connectivity index (χ4v) is 3.01. The molecule has 0 spiro atoms. The summed E-state index contributed by atoms with van der Waals surface area (Å²) in [4.78, 5) is 16.5. The molecule has 0 radical (unpaired) electrons. The Balaban J connectivity index is 1.89. The van der Waals surface area contributed by atoms with Gasteiger partial charge in [0.1, 0.15) is 29.4 Å². The lowest BCUT2D eigenvalue weighted by Crippen LogP contribution is -2.45. The Morgan fingerprint density at radius 2 is 1.90 bits per heavy atom. The molecule has 1 amide bonds. The van der Waals surface area contributed by atoms with Crippen molar-refractivity contribution in [2.75, 3.05) is 26.7 Å². The van der Waals surface area contributed by atoms with Crippen LogP contribution in [-0.4, -0.2) is 43.7 Å². The van der Waals surface area contributed by atoms with Gasteiger partial charge in [-0.3, -0.25) is 4.79 Å². The SMILES string of the molecule is CCNC(=NCC(=O)NCc1ccc(OC)cc1)NCC(C)(O)c1cc(C)oc1C. The van der Waals surface area contributed by atoms with E-state index in [0.717, 1.165) is 22.6 Å². The maximum Gasteiger partial charge on any atom is 0.242 e. The van der Waals surface area contributed by atoms with Crippen LogP contribution in [0.4, 0.5) is 0 Å². The van der Waals surface area contributed by atoms with Gasteiger partial charge in [0.25, 0.3) is 0 Å². The summed E-state index contributed by atoms with van der Waals surface area (Å²) in [6.45, 7) is 8.54. The molecule has 30 heavy (non-hydrogen) atoms. The van der Waals surface area contributed by atoms with Crippen molar-refractivity contribution in [2.24, 2.45) is 4.99 Å². The lowest BCUT2D eigenvalue weighted by molar-refractivity contribution is -0.119. The molecule has 0 bridgehead atoms. The highest BCUT2D eigenvalue weighted by atomic mass is 16.5. The average Bonchev–Trinajstić information content (AvgIpc) is 3.07. The van der Waals surface area contributed by atoms with Crippen molar-refractivity contribution < 1.29 is 19.1 Å². The third-order valence-corrected chi connectivity index (χ3v) is 4.60. The van der Waals surface area contributed by atoms with Crippen LogP contribution in [0.3, 0.4) is 0 Å². The van der Waals surface area contributed by atoms with E-state index in [9.17, 15) is 9.90 Å².